The zero-order valence-electron chi connectivity index (χ0n) is 21.4. The van der Waals surface area contributed by atoms with Crippen molar-refractivity contribution in [3.05, 3.63) is 101 Å². The van der Waals surface area contributed by atoms with Gasteiger partial charge in [0, 0.05) is 50.6 Å². The molecule has 2 N–H and O–H groups in total. The van der Waals surface area contributed by atoms with Crippen molar-refractivity contribution in [1.29, 1.82) is 0 Å². The quantitative estimate of drug-likeness (QED) is 0.305. The van der Waals surface area contributed by atoms with Crippen molar-refractivity contribution in [2.45, 2.75) is 6.54 Å². The Labute approximate surface area is 237 Å². The van der Waals surface area contributed by atoms with Crippen molar-refractivity contribution < 1.29 is 14.0 Å². The number of para-hydroxylation sites is 1. The van der Waals surface area contributed by atoms with E-state index in [1.165, 1.54) is 12.1 Å². The van der Waals surface area contributed by atoms with Crippen molar-refractivity contribution in [3.63, 3.8) is 0 Å². The van der Waals surface area contributed by atoms with Gasteiger partial charge in [0.05, 0.1) is 22.3 Å². The Bertz CT molecular complexity index is 1280. The van der Waals surface area contributed by atoms with Crippen molar-refractivity contribution in [3.8, 4) is 0 Å². The second kappa shape index (κ2) is 13.5. The summed E-state index contributed by atoms with van der Waals surface area (Å²) in [6.07, 6.45) is 1.74. The highest BCUT2D eigenvalue weighted by Gasteiger charge is 2.22. The molecule has 1 saturated heterocycles. The van der Waals surface area contributed by atoms with Gasteiger partial charge in [-0.05, 0) is 54.1 Å². The molecule has 0 aliphatic carbocycles. The second-order valence-corrected chi connectivity index (χ2v) is 10.00. The number of carbonyl (C=O) groups is 2. The van der Waals surface area contributed by atoms with Crippen molar-refractivity contribution >= 4 is 52.2 Å². The molecule has 0 radical (unpaired) electrons. The minimum atomic E-state index is -0.290. The number of carbonyl (C=O) groups excluding carboxylic acids is 2. The number of urea groups is 1. The van der Waals surface area contributed by atoms with Gasteiger partial charge >= 0.3 is 6.03 Å². The number of amides is 3. The molecule has 1 aliphatic rings. The summed E-state index contributed by atoms with van der Waals surface area (Å²) in [6, 6.07) is 18.7. The Morgan fingerprint density at radius 3 is 2.18 bits per heavy atom. The third-order valence-electron chi connectivity index (χ3n) is 6.35. The van der Waals surface area contributed by atoms with Gasteiger partial charge in [0.15, 0.2) is 0 Å². The molecule has 0 spiro atoms. The number of benzene rings is 3. The lowest BCUT2D eigenvalue weighted by molar-refractivity contribution is -0.117. The Balaban J connectivity index is 1.26. The van der Waals surface area contributed by atoms with Crippen molar-refractivity contribution in [2.75, 3.05) is 54.8 Å². The van der Waals surface area contributed by atoms with Gasteiger partial charge in [-0.2, -0.15) is 0 Å². The van der Waals surface area contributed by atoms with E-state index in [0.29, 0.717) is 60.7 Å². The fourth-order valence-corrected chi connectivity index (χ4v) is 4.84. The molecule has 0 aromatic heterocycles. The molecule has 204 valence electrons. The van der Waals surface area contributed by atoms with Crippen LogP contribution < -0.4 is 15.5 Å². The van der Waals surface area contributed by atoms with Crippen LogP contribution in [0.4, 0.5) is 26.2 Å². The number of rotatable bonds is 9. The Kier molecular flexibility index (Phi) is 9.81. The van der Waals surface area contributed by atoms with Crippen LogP contribution in [-0.2, 0) is 11.3 Å². The fourth-order valence-electron chi connectivity index (χ4n) is 4.35. The minimum absolute atomic E-state index is 0.148. The first-order valence-electron chi connectivity index (χ1n) is 12.5. The lowest BCUT2D eigenvalue weighted by Crippen LogP contribution is -2.50. The van der Waals surface area contributed by atoms with E-state index in [4.69, 9.17) is 23.2 Å². The van der Waals surface area contributed by atoms with E-state index in [2.05, 4.69) is 22.1 Å². The van der Waals surface area contributed by atoms with Crippen LogP contribution in [0.25, 0.3) is 0 Å². The number of nitrogens with one attached hydrogen (secondary N) is 2. The highest BCUT2D eigenvalue weighted by atomic mass is 35.5. The van der Waals surface area contributed by atoms with Crippen molar-refractivity contribution in [1.82, 2.24) is 9.80 Å². The Morgan fingerprint density at radius 2 is 1.56 bits per heavy atom. The van der Waals surface area contributed by atoms with Gasteiger partial charge in [0.25, 0.3) is 0 Å². The molecule has 1 heterocycles. The summed E-state index contributed by atoms with van der Waals surface area (Å²) in [6.45, 7) is 7.38. The summed E-state index contributed by atoms with van der Waals surface area (Å²) in [7, 11) is 0. The van der Waals surface area contributed by atoms with Gasteiger partial charge < -0.3 is 20.4 Å². The average molecular weight is 570 g/mol. The van der Waals surface area contributed by atoms with Crippen molar-refractivity contribution in [2.24, 2.45) is 0 Å². The van der Waals surface area contributed by atoms with Crippen LogP contribution in [0.3, 0.4) is 0 Å². The molecule has 4 rings (SSSR count). The van der Waals surface area contributed by atoms with Crippen LogP contribution in [0, 0.1) is 5.82 Å². The summed E-state index contributed by atoms with van der Waals surface area (Å²) in [5, 5.41) is 6.52. The van der Waals surface area contributed by atoms with Gasteiger partial charge in [0.1, 0.15) is 5.82 Å². The number of halogens is 3. The van der Waals surface area contributed by atoms with E-state index in [9.17, 15) is 14.0 Å². The molecule has 1 aliphatic heterocycles. The van der Waals surface area contributed by atoms with E-state index in [1.807, 2.05) is 29.2 Å². The second-order valence-electron chi connectivity index (χ2n) is 9.18. The molecule has 0 atom stereocenters. The molecule has 3 aromatic carbocycles. The molecule has 7 nitrogen and oxygen atoms in total. The monoisotopic (exact) mass is 569 g/mol. The molecule has 3 aromatic rings. The Morgan fingerprint density at radius 1 is 0.923 bits per heavy atom. The maximum absolute atomic E-state index is 13.2. The van der Waals surface area contributed by atoms with Gasteiger partial charge in [-0.1, -0.05) is 47.5 Å². The predicted octanol–water partition coefficient (Wildman–Crippen LogP) is 6.11. The van der Waals surface area contributed by atoms with E-state index in [-0.39, 0.29) is 24.3 Å². The molecular formula is C29H30Cl2FN5O2. The number of piperazine rings is 1. The van der Waals surface area contributed by atoms with Crippen LogP contribution in [0.2, 0.25) is 10.0 Å². The maximum Gasteiger partial charge on any atom is 0.322 e. The summed E-state index contributed by atoms with van der Waals surface area (Å²) in [4.78, 5) is 31.2. The largest absolute Gasteiger partial charge is 0.368 e. The minimum Gasteiger partial charge on any atom is -0.368 e. The van der Waals surface area contributed by atoms with Crippen LogP contribution in [0.15, 0.2) is 79.4 Å². The number of hydrogen-bond acceptors (Lipinski definition) is 4. The molecule has 0 unspecified atom stereocenters. The smallest absolute Gasteiger partial charge is 0.322 e. The number of hydrogen-bond donors (Lipinski definition) is 2. The normalized spacial score (nSPS) is 13.3. The van der Waals surface area contributed by atoms with Gasteiger partial charge in [-0.25, -0.2) is 9.18 Å². The molecule has 1 fully saturated rings. The number of anilines is 3. The molecule has 3 amide bonds. The van der Waals surface area contributed by atoms with E-state index in [1.54, 1.807) is 41.3 Å². The Hall–Kier alpha value is -3.59. The van der Waals surface area contributed by atoms with Gasteiger partial charge in [0.2, 0.25) is 5.91 Å². The number of nitrogens with zero attached hydrogens (tertiary/aromatic N) is 3. The zero-order valence-corrected chi connectivity index (χ0v) is 22.9. The standard InChI is InChI=1S/C29H30Cl2FN5O2/c1-2-14-35(19-21-6-8-22(32)9-7-21)20-27(38)33-23-10-12-24(13-11-23)36-15-17-37(18-16-36)29(39)34-28-25(30)4-3-5-26(28)31/h2-13H,1,14-20H2,(H,33,38)(H,34,39). The first-order chi connectivity index (χ1) is 18.8. The fraction of sp³-hybridized carbons (Fsp3) is 0.241. The first-order valence-corrected chi connectivity index (χ1v) is 13.3. The summed E-state index contributed by atoms with van der Waals surface area (Å²) < 4.78 is 13.2. The van der Waals surface area contributed by atoms with Crippen LogP contribution in [0.1, 0.15) is 5.56 Å². The first kappa shape index (κ1) is 28.4. The zero-order chi connectivity index (χ0) is 27.8. The molecular weight excluding hydrogens is 540 g/mol. The maximum atomic E-state index is 13.2. The highest BCUT2D eigenvalue weighted by Crippen LogP contribution is 2.30. The van der Waals surface area contributed by atoms with E-state index in [0.717, 1.165) is 11.3 Å². The highest BCUT2D eigenvalue weighted by molar-refractivity contribution is 6.39. The van der Waals surface area contributed by atoms with Crippen LogP contribution >= 0.6 is 23.2 Å². The molecule has 0 saturated carbocycles. The summed E-state index contributed by atoms with van der Waals surface area (Å²) in [5.41, 5.74) is 3.03. The SMILES string of the molecule is C=CCN(CC(=O)Nc1ccc(N2CCN(C(=O)Nc3c(Cl)cccc3Cl)CC2)cc1)Cc1ccc(F)cc1. The van der Waals surface area contributed by atoms with Gasteiger partial charge in [-0.3, -0.25) is 9.69 Å². The topological polar surface area (TPSA) is 67.9 Å². The molecule has 10 heteroatoms. The lowest BCUT2D eigenvalue weighted by atomic mass is 10.2. The van der Waals surface area contributed by atoms with Crippen LogP contribution in [0.5, 0.6) is 0 Å². The summed E-state index contributed by atoms with van der Waals surface area (Å²) >= 11 is 12.3. The third kappa shape index (κ3) is 7.95. The molecule has 0 bridgehead atoms. The van der Waals surface area contributed by atoms with E-state index < -0.39 is 0 Å². The molecule has 39 heavy (non-hydrogen) atoms. The summed E-state index contributed by atoms with van der Waals surface area (Å²) in [5.74, 6) is -0.439. The van der Waals surface area contributed by atoms with E-state index >= 15 is 0 Å². The van der Waals surface area contributed by atoms with Gasteiger partial charge in [-0.15, -0.1) is 6.58 Å². The predicted molar refractivity (Wildman–Crippen MR) is 156 cm³/mol. The van der Waals surface area contributed by atoms with Crippen LogP contribution in [-0.4, -0.2) is 61.0 Å². The third-order valence-corrected chi connectivity index (χ3v) is 6.98. The average Bonchev–Trinajstić information content (AvgIpc) is 2.92. The lowest BCUT2D eigenvalue weighted by Gasteiger charge is -2.36.